The Hall–Kier alpha value is -0.120. The predicted octanol–water partition coefficient (Wildman–Crippen LogP) is 1.14. The van der Waals surface area contributed by atoms with E-state index in [0.29, 0.717) is 0 Å². The molecule has 1 fully saturated rings. The van der Waals surface area contributed by atoms with E-state index in [1.807, 2.05) is 0 Å². The summed E-state index contributed by atoms with van der Waals surface area (Å²) in [5.41, 5.74) is 5.52. The highest BCUT2D eigenvalue weighted by Crippen LogP contribution is 2.04. The summed E-state index contributed by atoms with van der Waals surface area (Å²) >= 11 is 0. The van der Waals surface area contributed by atoms with Gasteiger partial charge in [-0.25, -0.2) is 0 Å². The van der Waals surface area contributed by atoms with Gasteiger partial charge >= 0.3 is 0 Å². The van der Waals surface area contributed by atoms with E-state index in [9.17, 15) is 0 Å². The van der Waals surface area contributed by atoms with Gasteiger partial charge in [0.2, 0.25) is 0 Å². The van der Waals surface area contributed by atoms with Crippen LogP contribution in [0.2, 0.25) is 0 Å². The second-order valence-corrected chi connectivity index (χ2v) is 4.53. The molecule has 0 atom stereocenters. The minimum Gasteiger partial charge on any atom is -0.330 e. The molecule has 1 aliphatic rings. The maximum atomic E-state index is 5.52. The largest absolute Gasteiger partial charge is 0.330 e. The van der Waals surface area contributed by atoms with Crippen LogP contribution in [0.5, 0.6) is 0 Å². The molecule has 0 aromatic rings. The zero-order valence-corrected chi connectivity index (χ0v) is 10.2. The Labute approximate surface area is 94.6 Å². The van der Waals surface area contributed by atoms with Gasteiger partial charge in [0.05, 0.1) is 0 Å². The van der Waals surface area contributed by atoms with E-state index in [-0.39, 0.29) is 0 Å². The number of nitrogens with zero attached hydrogens (tertiary/aromatic N) is 2. The third kappa shape index (κ3) is 5.50. The molecule has 2 N–H and O–H groups in total. The normalized spacial score (nSPS) is 19.6. The first-order valence-electron chi connectivity index (χ1n) is 6.51. The molecule has 0 bridgehead atoms. The molecule has 0 aliphatic carbocycles. The Morgan fingerprint density at radius 1 is 0.867 bits per heavy atom. The number of hydrogen-bond donors (Lipinski definition) is 1. The van der Waals surface area contributed by atoms with Crippen LogP contribution in [-0.4, -0.2) is 55.6 Å². The molecule has 0 radical (unpaired) electrons. The van der Waals surface area contributed by atoms with Gasteiger partial charge in [0.1, 0.15) is 0 Å². The number of piperazine rings is 1. The van der Waals surface area contributed by atoms with Crippen molar-refractivity contribution in [2.24, 2.45) is 5.73 Å². The smallest absolute Gasteiger partial charge is 0.0110 e. The van der Waals surface area contributed by atoms with E-state index >= 15 is 0 Å². The summed E-state index contributed by atoms with van der Waals surface area (Å²) < 4.78 is 0. The van der Waals surface area contributed by atoms with Gasteiger partial charge in [-0.15, -0.1) is 0 Å². The van der Waals surface area contributed by atoms with Crippen LogP contribution >= 0.6 is 0 Å². The van der Waals surface area contributed by atoms with Gasteiger partial charge in [-0.1, -0.05) is 19.8 Å². The van der Waals surface area contributed by atoms with Crippen LogP contribution in [0, 0.1) is 0 Å². The van der Waals surface area contributed by atoms with Crippen LogP contribution in [0.25, 0.3) is 0 Å². The van der Waals surface area contributed by atoms with Crippen molar-refractivity contribution < 1.29 is 0 Å². The number of nitrogens with two attached hydrogens (primary N) is 1. The molecule has 0 saturated carbocycles. The molecular weight excluding hydrogens is 186 g/mol. The number of hydrogen-bond acceptors (Lipinski definition) is 3. The van der Waals surface area contributed by atoms with Crippen molar-refractivity contribution >= 4 is 0 Å². The minimum absolute atomic E-state index is 0.830. The quantitative estimate of drug-likeness (QED) is 0.644. The van der Waals surface area contributed by atoms with Gasteiger partial charge in [-0.2, -0.15) is 0 Å². The van der Waals surface area contributed by atoms with Crippen LogP contribution < -0.4 is 5.73 Å². The van der Waals surface area contributed by atoms with Crippen LogP contribution in [0.4, 0.5) is 0 Å². The molecular formula is C12H27N3. The molecule has 0 spiro atoms. The maximum Gasteiger partial charge on any atom is 0.0110 e. The maximum absolute atomic E-state index is 5.52. The Kier molecular flexibility index (Phi) is 6.98. The molecule has 3 nitrogen and oxygen atoms in total. The highest BCUT2D eigenvalue weighted by atomic mass is 15.3. The molecule has 0 unspecified atom stereocenters. The van der Waals surface area contributed by atoms with Crippen LogP contribution in [0.3, 0.4) is 0 Å². The summed E-state index contributed by atoms with van der Waals surface area (Å²) in [6.45, 7) is 10.6. The fourth-order valence-corrected chi connectivity index (χ4v) is 2.14. The lowest BCUT2D eigenvalue weighted by Gasteiger charge is -2.34. The van der Waals surface area contributed by atoms with Crippen molar-refractivity contribution in [2.75, 3.05) is 45.8 Å². The molecule has 1 saturated heterocycles. The topological polar surface area (TPSA) is 32.5 Å². The molecule has 3 heteroatoms. The van der Waals surface area contributed by atoms with E-state index in [2.05, 4.69) is 16.7 Å². The van der Waals surface area contributed by atoms with Gasteiger partial charge in [0.25, 0.3) is 0 Å². The number of rotatable bonds is 7. The predicted molar refractivity (Wildman–Crippen MR) is 66.1 cm³/mol. The first kappa shape index (κ1) is 12.9. The third-order valence-corrected chi connectivity index (χ3v) is 3.22. The fraction of sp³-hybridized carbons (Fsp3) is 1.00. The summed E-state index contributed by atoms with van der Waals surface area (Å²) in [5.74, 6) is 0. The van der Waals surface area contributed by atoms with Gasteiger partial charge in [0, 0.05) is 26.2 Å². The van der Waals surface area contributed by atoms with Gasteiger partial charge in [0.15, 0.2) is 0 Å². The molecule has 15 heavy (non-hydrogen) atoms. The standard InChI is InChI=1S/C12H27N3/c1-2-3-4-7-14-9-11-15(12-10-14)8-5-6-13/h2-13H2,1H3. The Balaban J connectivity index is 2.02. The first-order valence-corrected chi connectivity index (χ1v) is 6.51. The van der Waals surface area contributed by atoms with Crippen molar-refractivity contribution in [3.8, 4) is 0 Å². The van der Waals surface area contributed by atoms with E-state index in [0.717, 1.165) is 13.0 Å². The Morgan fingerprint density at radius 2 is 1.40 bits per heavy atom. The SMILES string of the molecule is CCCCCN1CCN(CCCN)CC1. The zero-order chi connectivity index (χ0) is 10.9. The molecule has 0 amide bonds. The highest BCUT2D eigenvalue weighted by molar-refractivity contribution is 4.71. The molecule has 1 aliphatic heterocycles. The van der Waals surface area contributed by atoms with Gasteiger partial charge in [-0.05, 0) is 32.5 Å². The van der Waals surface area contributed by atoms with Gasteiger partial charge in [-0.3, -0.25) is 0 Å². The van der Waals surface area contributed by atoms with Crippen molar-refractivity contribution in [1.82, 2.24) is 9.80 Å². The summed E-state index contributed by atoms with van der Waals surface area (Å²) in [6.07, 6.45) is 5.24. The minimum atomic E-state index is 0.830. The third-order valence-electron chi connectivity index (χ3n) is 3.22. The molecule has 0 aromatic heterocycles. The lowest BCUT2D eigenvalue weighted by Crippen LogP contribution is -2.46. The van der Waals surface area contributed by atoms with Crippen LogP contribution in [0.15, 0.2) is 0 Å². The van der Waals surface area contributed by atoms with Crippen molar-refractivity contribution in [1.29, 1.82) is 0 Å². The van der Waals surface area contributed by atoms with Crippen LogP contribution in [-0.2, 0) is 0 Å². The molecule has 1 rings (SSSR count). The summed E-state index contributed by atoms with van der Waals surface area (Å²) in [6, 6.07) is 0. The average Bonchev–Trinajstić information content (AvgIpc) is 2.28. The lowest BCUT2D eigenvalue weighted by atomic mass is 10.2. The summed E-state index contributed by atoms with van der Waals surface area (Å²) in [5, 5.41) is 0. The van der Waals surface area contributed by atoms with E-state index in [1.54, 1.807) is 0 Å². The zero-order valence-electron chi connectivity index (χ0n) is 10.2. The second-order valence-electron chi connectivity index (χ2n) is 4.53. The summed E-state index contributed by atoms with van der Waals surface area (Å²) in [7, 11) is 0. The van der Waals surface area contributed by atoms with E-state index in [4.69, 9.17) is 5.73 Å². The van der Waals surface area contributed by atoms with Crippen molar-refractivity contribution in [2.45, 2.75) is 32.6 Å². The number of unbranched alkanes of at least 4 members (excludes halogenated alkanes) is 2. The molecule has 1 heterocycles. The highest BCUT2D eigenvalue weighted by Gasteiger charge is 2.15. The van der Waals surface area contributed by atoms with Crippen molar-refractivity contribution in [3.63, 3.8) is 0 Å². The van der Waals surface area contributed by atoms with Crippen molar-refractivity contribution in [3.05, 3.63) is 0 Å². The second kappa shape index (κ2) is 8.08. The lowest BCUT2D eigenvalue weighted by molar-refractivity contribution is 0.130. The average molecular weight is 213 g/mol. The van der Waals surface area contributed by atoms with E-state index in [1.165, 1.54) is 58.5 Å². The monoisotopic (exact) mass is 213 g/mol. The van der Waals surface area contributed by atoms with E-state index < -0.39 is 0 Å². The molecule has 90 valence electrons. The first-order chi connectivity index (χ1) is 7.36. The van der Waals surface area contributed by atoms with Gasteiger partial charge < -0.3 is 15.5 Å². The van der Waals surface area contributed by atoms with Crippen LogP contribution in [0.1, 0.15) is 32.6 Å². The fourth-order valence-electron chi connectivity index (χ4n) is 2.14. The summed E-state index contributed by atoms with van der Waals surface area (Å²) in [4.78, 5) is 5.15. The Morgan fingerprint density at radius 3 is 1.87 bits per heavy atom. The Bertz CT molecular complexity index is 142. The molecule has 0 aromatic carbocycles.